The number of benzene rings is 2. The van der Waals surface area contributed by atoms with E-state index in [1.807, 2.05) is 24.3 Å². The highest BCUT2D eigenvalue weighted by atomic mass is 16.3. The van der Waals surface area contributed by atoms with Crippen LogP contribution in [0.2, 0.25) is 0 Å². The largest absolute Gasteiger partial charge is 0.508 e. The minimum absolute atomic E-state index is 0.256. The van der Waals surface area contributed by atoms with E-state index in [4.69, 9.17) is 5.73 Å². The number of imidazole rings is 1. The van der Waals surface area contributed by atoms with Gasteiger partial charge in [-0.2, -0.15) is 0 Å². The smallest absolute Gasteiger partial charge is 0.117 e. The third-order valence-corrected chi connectivity index (χ3v) is 3.36. The molecule has 0 spiro atoms. The number of phenolic OH excluding ortho intramolecular Hbond substituents is 1. The monoisotopic (exact) mass is 267 g/mol. The van der Waals surface area contributed by atoms with E-state index < -0.39 is 0 Å². The lowest BCUT2D eigenvalue weighted by Crippen LogP contribution is -2.10. The van der Waals surface area contributed by atoms with Crippen molar-refractivity contribution in [3.8, 4) is 5.75 Å². The van der Waals surface area contributed by atoms with Gasteiger partial charge in [-0.25, -0.2) is 4.98 Å². The van der Waals surface area contributed by atoms with Crippen LogP contribution >= 0.6 is 0 Å². The number of hydrogen-bond acceptors (Lipinski definition) is 3. The second kappa shape index (κ2) is 5.35. The van der Waals surface area contributed by atoms with Crippen LogP contribution in [0.4, 0.5) is 0 Å². The number of rotatable bonds is 4. The van der Waals surface area contributed by atoms with E-state index >= 15 is 0 Å². The van der Waals surface area contributed by atoms with E-state index in [0.717, 1.165) is 29.8 Å². The molecule has 102 valence electrons. The van der Waals surface area contributed by atoms with Gasteiger partial charge in [0.2, 0.25) is 0 Å². The van der Waals surface area contributed by atoms with Crippen LogP contribution in [0.25, 0.3) is 11.0 Å². The summed E-state index contributed by atoms with van der Waals surface area (Å²) in [5.74, 6) is 1.21. The van der Waals surface area contributed by atoms with Crippen molar-refractivity contribution in [3.63, 3.8) is 0 Å². The number of aromatic nitrogens is 2. The van der Waals surface area contributed by atoms with Crippen LogP contribution in [0.1, 0.15) is 11.4 Å². The molecule has 0 bridgehead atoms. The Morgan fingerprint density at radius 2 is 1.90 bits per heavy atom. The van der Waals surface area contributed by atoms with Crippen molar-refractivity contribution in [2.24, 2.45) is 5.73 Å². The first-order valence-electron chi connectivity index (χ1n) is 6.70. The second-order valence-corrected chi connectivity index (χ2v) is 4.81. The summed E-state index contributed by atoms with van der Waals surface area (Å²) in [6, 6.07) is 15.5. The van der Waals surface area contributed by atoms with Crippen LogP contribution in [0.3, 0.4) is 0 Å². The number of aromatic hydroxyl groups is 1. The Kier molecular flexibility index (Phi) is 3.39. The van der Waals surface area contributed by atoms with Gasteiger partial charge in [0.15, 0.2) is 0 Å². The molecule has 20 heavy (non-hydrogen) atoms. The van der Waals surface area contributed by atoms with Crippen molar-refractivity contribution in [2.45, 2.75) is 13.0 Å². The topological polar surface area (TPSA) is 64.1 Å². The fourth-order valence-electron chi connectivity index (χ4n) is 2.42. The van der Waals surface area contributed by atoms with Crippen LogP contribution in [0, 0.1) is 0 Å². The third-order valence-electron chi connectivity index (χ3n) is 3.36. The number of phenols is 1. The summed E-state index contributed by atoms with van der Waals surface area (Å²) < 4.78 is 2.12. The molecule has 0 aliphatic heterocycles. The summed E-state index contributed by atoms with van der Waals surface area (Å²) >= 11 is 0. The Morgan fingerprint density at radius 3 is 2.65 bits per heavy atom. The maximum atomic E-state index is 9.69. The maximum absolute atomic E-state index is 9.69. The number of nitrogens with zero attached hydrogens (tertiary/aromatic N) is 2. The van der Waals surface area contributed by atoms with Gasteiger partial charge in [-0.05, 0) is 24.2 Å². The minimum Gasteiger partial charge on any atom is -0.508 e. The highest BCUT2D eigenvalue weighted by Crippen LogP contribution is 2.22. The molecule has 0 aliphatic carbocycles. The van der Waals surface area contributed by atoms with Crippen LogP contribution in [0.5, 0.6) is 5.75 Å². The van der Waals surface area contributed by atoms with Gasteiger partial charge < -0.3 is 15.4 Å². The highest BCUT2D eigenvalue weighted by molar-refractivity contribution is 5.77. The van der Waals surface area contributed by atoms with Crippen LogP contribution in [0.15, 0.2) is 48.5 Å². The molecule has 0 aliphatic rings. The molecule has 3 N–H and O–H groups in total. The summed E-state index contributed by atoms with van der Waals surface area (Å²) in [6.07, 6.45) is 0.724. The normalized spacial score (nSPS) is 11.1. The zero-order valence-corrected chi connectivity index (χ0v) is 11.2. The first kappa shape index (κ1) is 12.7. The van der Waals surface area contributed by atoms with Crippen LogP contribution < -0.4 is 5.73 Å². The first-order valence-corrected chi connectivity index (χ1v) is 6.70. The number of fused-ring (bicyclic) bond motifs is 1. The number of nitrogens with two attached hydrogens (primary N) is 1. The molecule has 0 saturated heterocycles. The molecule has 0 radical (unpaired) electrons. The second-order valence-electron chi connectivity index (χ2n) is 4.81. The van der Waals surface area contributed by atoms with Gasteiger partial charge >= 0.3 is 0 Å². The van der Waals surface area contributed by atoms with Gasteiger partial charge in [-0.15, -0.1) is 0 Å². The molecular formula is C16H17N3O. The fourth-order valence-corrected chi connectivity index (χ4v) is 2.42. The summed E-state index contributed by atoms with van der Waals surface area (Å²) in [7, 11) is 0. The fraction of sp³-hybridized carbons (Fsp3) is 0.188. The molecule has 1 heterocycles. The first-order chi connectivity index (χ1) is 9.78. The van der Waals surface area contributed by atoms with Crippen molar-refractivity contribution in [1.82, 2.24) is 9.55 Å². The molecule has 3 rings (SSSR count). The predicted octanol–water partition coefficient (Wildman–Crippen LogP) is 2.29. The average Bonchev–Trinajstić information content (AvgIpc) is 2.78. The molecule has 0 amide bonds. The molecule has 0 atom stereocenters. The Bertz CT molecular complexity index is 719. The molecule has 1 aromatic heterocycles. The van der Waals surface area contributed by atoms with Crippen molar-refractivity contribution < 1.29 is 5.11 Å². The van der Waals surface area contributed by atoms with Crippen molar-refractivity contribution in [1.29, 1.82) is 0 Å². The molecule has 0 saturated carbocycles. The highest BCUT2D eigenvalue weighted by Gasteiger charge is 2.11. The van der Waals surface area contributed by atoms with E-state index in [1.165, 1.54) is 5.56 Å². The molecule has 4 nitrogen and oxygen atoms in total. The van der Waals surface area contributed by atoms with Gasteiger partial charge in [-0.3, -0.25) is 0 Å². The third kappa shape index (κ3) is 2.38. The molecular weight excluding hydrogens is 250 g/mol. The molecule has 0 unspecified atom stereocenters. The van der Waals surface area contributed by atoms with Gasteiger partial charge in [-0.1, -0.05) is 30.3 Å². The Labute approximate surface area is 117 Å². The van der Waals surface area contributed by atoms with Gasteiger partial charge in [0.05, 0.1) is 11.0 Å². The van der Waals surface area contributed by atoms with E-state index in [-0.39, 0.29) is 5.75 Å². The van der Waals surface area contributed by atoms with Crippen molar-refractivity contribution in [3.05, 3.63) is 59.9 Å². The van der Waals surface area contributed by atoms with Gasteiger partial charge in [0.1, 0.15) is 11.6 Å². The van der Waals surface area contributed by atoms with E-state index in [0.29, 0.717) is 6.54 Å². The average molecular weight is 267 g/mol. The minimum atomic E-state index is 0.256. The quantitative estimate of drug-likeness (QED) is 0.762. The molecule has 3 aromatic rings. The maximum Gasteiger partial charge on any atom is 0.117 e. The lowest BCUT2D eigenvalue weighted by atomic mass is 10.2. The Balaban J connectivity index is 2.10. The Morgan fingerprint density at radius 1 is 1.10 bits per heavy atom. The summed E-state index contributed by atoms with van der Waals surface area (Å²) in [5.41, 5.74) is 8.71. The van der Waals surface area contributed by atoms with Gasteiger partial charge in [0, 0.05) is 19.0 Å². The van der Waals surface area contributed by atoms with Gasteiger partial charge in [0.25, 0.3) is 0 Å². The van der Waals surface area contributed by atoms with Crippen molar-refractivity contribution in [2.75, 3.05) is 6.54 Å². The summed E-state index contributed by atoms with van der Waals surface area (Å²) in [5, 5.41) is 9.69. The van der Waals surface area contributed by atoms with E-state index in [9.17, 15) is 5.11 Å². The summed E-state index contributed by atoms with van der Waals surface area (Å²) in [4.78, 5) is 4.61. The number of hydrogen-bond donors (Lipinski definition) is 2. The Hall–Kier alpha value is -2.33. The standard InChI is InChI=1S/C16H17N3O/c17-9-8-16-18-14-7-6-13(20)10-15(14)19(16)11-12-4-2-1-3-5-12/h1-7,10,20H,8-9,11,17H2. The molecule has 0 fully saturated rings. The lowest BCUT2D eigenvalue weighted by molar-refractivity contribution is 0.476. The van der Waals surface area contributed by atoms with Crippen LogP contribution in [-0.2, 0) is 13.0 Å². The predicted molar refractivity (Wildman–Crippen MR) is 79.7 cm³/mol. The summed E-state index contributed by atoms with van der Waals surface area (Å²) in [6.45, 7) is 1.29. The van der Waals surface area contributed by atoms with Crippen molar-refractivity contribution >= 4 is 11.0 Å². The zero-order chi connectivity index (χ0) is 13.9. The zero-order valence-electron chi connectivity index (χ0n) is 11.2. The van der Waals surface area contributed by atoms with Crippen LogP contribution in [-0.4, -0.2) is 21.2 Å². The lowest BCUT2D eigenvalue weighted by Gasteiger charge is -2.09. The molecule has 4 heteroatoms. The van der Waals surface area contributed by atoms with E-state index in [2.05, 4.69) is 21.7 Å². The SMILES string of the molecule is NCCc1nc2ccc(O)cc2n1Cc1ccccc1. The molecule has 2 aromatic carbocycles. The van der Waals surface area contributed by atoms with E-state index in [1.54, 1.807) is 12.1 Å².